The summed E-state index contributed by atoms with van der Waals surface area (Å²) < 4.78 is 1.20. The minimum atomic E-state index is -0.346. The third-order valence-corrected chi connectivity index (χ3v) is 5.68. The smallest absolute Gasteiger partial charge is 0.251 e. The summed E-state index contributed by atoms with van der Waals surface area (Å²) in [6.07, 6.45) is 6.64. The molecule has 17 heavy (non-hydrogen) atoms. The van der Waals surface area contributed by atoms with Crippen molar-refractivity contribution >= 4 is 34.0 Å². The lowest BCUT2D eigenvalue weighted by atomic mass is 10.0. The van der Waals surface area contributed by atoms with Gasteiger partial charge in [-0.3, -0.25) is 4.79 Å². The Kier molecular flexibility index (Phi) is 4.34. The van der Waals surface area contributed by atoms with Crippen molar-refractivity contribution in [3.8, 4) is 0 Å². The number of thiophene rings is 1. The zero-order valence-electron chi connectivity index (χ0n) is 9.99. The normalized spacial score (nSPS) is 17.0. The van der Waals surface area contributed by atoms with Gasteiger partial charge in [-0.2, -0.15) is 0 Å². The number of hydrogen-bond donors (Lipinski definition) is 2. The molecule has 0 aliphatic heterocycles. The predicted molar refractivity (Wildman–Crippen MR) is 75.1 cm³/mol. The Morgan fingerprint density at radius 2 is 2.18 bits per heavy atom. The van der Waals surface area contributed by atoms with Gasteiger partial charge < -0.3 is 11.1 Å². The first kappa shape index (κ1) is 12.8. The molecule has 0 spiro atoms. The Hall–Kier alpha value is -0.680. The first-order chi connectivity index (χ1) is 8.20. The average Bonchev–Trinajstić information content (AvgIpc) is 2.73. The van der Waals surface area contributed by atoms with Crippen molar-refractivity contribution in [2.75, 3.05) is 12.4 Å². The van der Waals surface area contributed by atoms with Crippen molar-refractivity contribution in [2.24, 2.45) is 5.73 Å². The van der Waals surface area contributed by atoms with Crippen LogP contribution in [0.15, 0.2) is 10.3 Å². The van der Waals surface area contributed by atoms with Crippen LogP contribution in [0.25, 0.3) is 0 Å². The van der Waals surface area contributed by atoms with E-state index in [9.17, 15) is 4.79 Å². The van der Waals surface area contributed by atoms with Gasteiger partial charge in [0.25, 0.3) is 5.91 Å². The first-order valence-corrected chi connectivity index (χ1v) is 7.68. The third kappa shape index (κ3) is 3.16. The second-order valence-corrected chi connectivity index (χ2v) is 6.95. The van der Waals surface area contributed by atoms with Gasteiger partial charge in [0.15, 0.2) is 0 Å². The van der Waals surface area contributed by atoms with Crippen molar-refractivity contribution < 1.29 is 4.79 Å². The van der Waals surface area contributed by atoms with Crippen LogP contribution in [0.3, 0.4) is 0 Å². The molecule has 0 unspecified atom stereocenters. The van der Waals surface area contributed by atoms with E-state index in [4.69, 9.17) is 5.73 Å². The molecule has 1 fully saturated rings. The van der Waals surface area contributed by atoms with Gasteiger partial charge in [-0.25, -0.2) is 0 Å². The molecular weight excluding hydrogens is 252 g/mol. The van der Waals surface area contributed by atoms with Crippen molar-refractivity contribution in [3.63, 3.8) is 0 Å². The van der Waals surface area contributed by atoms with Crippen LogP contribution in [0.2, 0.25) is 0 Å². The maximum atomic E-state index is 11.3. The van der Waals surface area contributed by atoms with Crippen LogP contribution in [0.4, 0.5) is 5.00 Å². The highest BCUT2D eigenvalue weighted by molar-refractivity contribution is 8.01. The topological polar surface area (TPSA) is 55.1 Å². The highest BCUT2D eigenvalue weighted by atomic mass is 32.2. The Bertz CT molecular complexity index is 397. The van der Waals surface area contributed by atoms with Gasteiger partial charge in [-0.05, 0) is 18.9 Å². The monoisotopic (exact) mass is 270 g/mol. The fraction of sp³-hybridized carbons (Fsp3) is 0.583. The van der Waals surface area contributed by atoms with Crippen LogP contribution in [-0.2, 0) is 0 Å². The molecule has 0 atom stereocenters. The lowest BCUT2D eigenvalue weighted by Gasteiger charge is -2.19. The van der Waals surface area contributed by atoms with Crippen LogP contribution in [0.5, 0.6) is 0 Å². The maximum Gasteiger partial charge on any atom is 0.251 e. The number of rotatable bonds is 4. The molecule has 3 nitrogen and oxygen atoms in total. The van der Waals surface area contributed by atoms with Crippen LogP contribution in [0, 0.1) is 0 Å². The highest BCUT2D eigenvalue weighted by Crippen LogP contribution is 2.40. The molecule has 94 valence electrons. The van der Waals surface area contributed by atoms with E-state index < -0.39 is 0 Å². The summed E-state index contributed by atoms with van der Waals surface area (Å²) in [4.78, 5) is 11.3. The second kappa shape index (κ2) is 5.78. The van der Waals surface area contributed by atoms with E-state index in [0.29, 0.717) is 10.8 Å². The van der Waals surface area contributed by atoms with Crippen LogP contribution in [0.1, 0.15) is 42.5 Å². The summed E-state index contributed by atoms with van der Waals surface area (Å²) in [7, 11) is 1.83. The van der Waals surface area contributed by atoms with Gasteiger partial charge in [0.1, 0.15) is 5.00 Å². The highest BCUT2D eigenvalue weighted by Gasteiger charge is 2.18. The summed E-state index contributed by atoms with van der Waals surface area (Å²) in [5.74, 6) is -0.346. The van der Waals surface area contributed by atoms with E-state index >= 15 is 0 Å². The zero-order valence-corrected chi connectivity index (χ0v) is 11.6. The molecular formula is C12H18N2OS2. The summed E-state index contributed by atoms with van der Waals surface area (Å²) >= 11 is 3.54. The lowest BCUT2D eigenvalue weighted by Crippen LogP contribution is -2.11. The fourth-order valence-corrected chi connectivity index (χ4v) is 4.83. The van der Waals surface area contributed by atoms with E-state index in [-0.39, 0.29) is 5.91 Å². The fourth-order valence-electron chi connectivity index (χ4n) is 2.14. The number of nitrogens with one attached hydrogen (secondary N) is 1. The van der Waals surface area contributed by atoms with Gasteiger partial charge >= 0.3 is 0 Å². The number of carbonyl (C=O) groups excluding carboxylic acids is 1. The van der Waals surface area contributed by atoms with Crippen LogP contribution >= 0.6 is 23.1 Å². The minimum Gasteiger partial charge on any atom is -0.379 e. The van der Waals surface area contributed by atoms with Gasteiger partial charge in [0.05, 0.1) is 9.77 Å². The maximum absolute atomic E-state index is 11.3. The molecule has 0 aromatic carbocycles. The number of anilines is 1. The van der Waals surface area contributed by atoms with E-state index in [2.05, 4.69) is 5.32 Å². The molecule has 1 aliphatic carbocycles. The Morgan fingerprint density at radius 1 is 1.47 bits per heavy atom. The Labute approximate surface area is 110 Å². The molecule has 2 rings (SSSR count). The Morgan fingerprint density at radius 3 is 2.71 bits per heavy atom. The number of nitrogens with two attached hydrogens (primary N) is 1. The molecule has 0 saturated heterocycles. The second-order valence-electron chi connectivity index (χ2n) is 4.30. The first-order valence-electron chi connectivity index (χ1n) is 5.98. The van der Waals surface area contributed by atoms with E-state index in [1.165, 1.54) is 36.3 Å². The molecule has 0 bridgehead atoms. The van der Waals surface area contributed by atoms with E-state index in [1.807, 2.05) is 24.9 Å². The van der Waals surface area contributed by atoms with Crippen molar-refractivity contribution in [1.82, 2.24) is 0 Å². The Balaban J connectivity index is 2.07. The van der Waals surface area contributed by atoms with Crippen molar-refractivity contribution in [2.45, 2.75) is 41.6 Å². The average molecular weight is 270 g/mol. The number of thioether (sulfide) groups is 1. The van der Waals surface area contributed by atoms with Gasteiger partial charge in [-0.15, -0.1) is 23.1 Å². The quantitative estimate of drug-likeness (QED) is 0.882. The number of primary amides is 1. The molecule has 1 amide bonds. The van der Waals surface area contributed by atoms with E-state index in [0.717, 1.165) is 5.00 Å². The minimum absolute atomic E-state index is 0.346. The molecule has 1 aliphatic rings. The molecule has 1 heterocycles. The zero-order chi connectivity index (χ0) is 12.3. The van der Waals surface area contributed by atoms with Crippen molar-refractivity contribution in [1.29, 1.82) is 0 Å². The molecule has 3 N–H and O–H groups in total. The summed E-state index contributed by atoms with van der Waals surface area (Å²) in [6.45, 7) is 0. The standard InChI is InChI=1S/C12H18N2OS2/c1-14-12-9(11(13)15)7-10(17-12)16-8-5-3-2-4-6-8/h7-8,14H,2-6H2,1H3,(H2,13,15). The predicted octanol–water partition coefficient (Wildman–Crippen LogP) is 3.31. The molecule has 1 saturated carbocycles. The third-order valence-electron chi connectivity index (χ3n) is 3.04. The molecule has 1 aromatic heterocycles. The number of amides is 1. The van der Waals surface area contributed by atoms with Gasteiger partial charge in [0.2, 0.25) is 0 Å². The summed E-state index contributed by atoms with van der Waals surface area (Å²) in [5.41, 5.74) is 5.98. The van der Waals surface area contributed by atoms with Gasteiger partial charge in [0, 0.05) is 12.3 Å². The molecule has 0 radical (unpaired) electrons. The largest absolute Gasteiger partial charge is 0.379 e. The van der Waals surface area contributed by atoms with Crippen molar-refractivity contribution in [3.05, 3.63) is 11.6 Å². The number of carbonyl (C=O) groups is 1. The van der Waals surface area contributed by atoms with Gasteiger partial charge in [-0.1, -0.05) is 19.3 Å². The summed E-state index contributed by atoms with van der Waals surface area (Å²) in [6, 6.07) is 1.93. The summed E-state index contributed by atoms with van der Waals surface area (Å²) in [5, 5.41) is 4.64. The lowest BCUT2D eigenvalue weighted by molar-refractivity contribution is 0.100. The molecule has 5 heteroatoms. The van der Waals surface area contributed by atoms with E-state index in [1.54, 1.807) is 11.3 Å². The SMILES string of the molecule is CNc1sc(SC2CCCCC2)cc1C(N)=O. The molecule has 1 aromatic rings. The van der Waals surface area contributed by atoms with Crippen LogP contribution in [-0.4, -0.2) is 18.2 Å². The van der Waals surface area contributed by atoms with Crippen LogP contribution < -0.4 is 11.1 Å². The number of hydrogen-bond acceptors (Lipinski definition) is 4.